The van der Waals surface area contributed by atoms with Crippen LogP contribution in [-0.4, -0.2) is 37.8 Å². The first-order chi connectivity index (χ1) is 8.44. The molecule has 0 aliphatic carbocycles. The van der Waals surface area contributed by atoms with Crippen LogP contribution in [0.2, 0.25) is 0 Å². The number of aromatic nitrogens is 1. The monoisotopic (exact) mass is 251 g/mol. The Morgan fingerprint density at radius 2 is 2.11 bits per heavy atom. The van der Waals surface area contributed by atoms with Gasteiger partial charge in [-0.05, 0) is 26.8 Å². The fourth-order valence-electron chi connectivity index (χ4n) is 1.61. The number of anilines is 1. The van der Waals surface area contributed by atoms with Crippen LogP contribution in [0.5, 0.6) is 0 Å². The Labute approximate surface area is 110 Å². The number of ether oxygens (including phenoxy) is 1. The van der Waals surface area contributed by atoms with Crippen LogP contribution in [0.15, 0.2) is 18.3 Å². The smallest absolute Gasteiger partial charge is 0.132 e. The Morgan fingerprint density at radius 3 is 2.72 bits per heavy atom. The Bertz CT molecular complexity index is 360. The number of hydrogen-bond donors (Lipinski definition) is 1. The Balaban J connectivity index is 2.72. The fourth-order valence-corrected chi connectivity index (χ4v) is 1.61. The predicted molar refractivity (Wildman–Crippen MR) is 76.0 cm³/mol. The summed E-state index contributed by atoms with van der Waals surface area (Å²) in [4.78, 5) is 6.59. The third-order valence-electron chi connectivity index (χ3n) is 2.67. The molecule has 1 N–H and O–H groups in total. The highest BCUT2D eigenvalue weighted by molar-refractivity contribution is 5.45. The van der Waals surface area contributed by atoms with E-state index >= 15 is 0 Å². The summed E-state index contributed by atoms with van der Waals surface area (Å²) in [5.41, 5.74) is 1.32. The number of likely N-dealkylation sites (N-methyl/N-ethyl adjacent to an activating group) is 1. The highest BCUT2D eigenvalue weighted by Crippen LogP contribution is 2.16. The Morgan fingerprint density at radius 1 is 1.39 bits per heavy atom. The van der Waals surface area contributed by atoms with Gasteiger partial charge in [0.25, 0.3) is 0 Å². The van der Waals surface area contributed by atoms with Gasteiger partial charge in [-0.1, -0.05) is 6.07 Å². The van der Waals surface area contributed by atoms with Gasteiger partial charge in [0, 0.05) is 44.5 Å². The van der Waals surface area contributed by atoms with Crippen LogP contribution < -0.4 is 10.2 Å². The van der Waals surface area contributed by atoms with E-state index < -0.39 is 0 Å². The second kappa shape index (κ2) is 6.71. The second-order valence-corrected chi connectivity index (χ2v) is 5.50. The van der Waals surface area contributed by atoms with Crippen LogP contribution in [0.25, 0.3) is 0 Å². The number of nitrogens with one attached hydrogen (secondary N) is 1. The molecule has 1 aromatic rings. The minimum atomic E-state index is 0.109. The van der Waals surface area contributed by atoms with E-state index in [1.54, 1.807) is 7.11 Å². The zero-order chi connectivity index (χ0) is 13.6. The van der Waals surface area contributed by atoms with E-state index in [-0.39, 0.29) is 5.54 Å². The highest BCUT2D eigenvalue weighted by Gasteiger charge is 2.12. The molecule has 102 valence electrons. The molecule has 18 heavy (non-hydrogen) atoms. The van der Waals surface area contributed by atoms with Crippen molar-refractivity contribution in [1.29, 1.82) is 0 Å². The van der Waals surface area contributed by atoms with Crippen molar-refractivity contribution >= 4 is 5.82 Å². The largest absolute Gasteiger partial charge is 0.383 e. The predicted octanol–water partition coefficient (Wildman–Crippen LogP) is 2.05. The third kappa shape index (κ3) is 5.02. The number of hydrogen-bond acceptors (Lipinski definition) is 4. The summed E-state index contributed by atoms with van der Waals surface area (Å²) in [6, 6.07) is 4.09. The topological polar surface area (TPSA) is 37.4 Å². The van der Waals surface area contributed by atoms with Gasteiger partial charge in [-0.15, -0.1) is 0 Å². The lowest BCUT2D eigenvalue weighted by atomic mass is 10.1. The summed E-state index contributed by atoms with van der Waals surface area (Å²) in [5.74, 6) is 1.02. The molecule has 0 spiro atoms. The van der Waals surface area contributed by atoms with Crippen molar-refractivity contribution in [2.45, 2.75) is 32.9 Å². The highest BCUT2D eigenvalue weighted by atomic mass is 16.5. The molecule has 0 fully saturated rings. The maximum absolute atomic E-state index is 5.10. The van der Waals surface area contributed by atoms with Crippen molar-refractivity contribution in [3.63, 3.8) is 0 Å². The standard InChI is InChI=1S/C14H25N3O/c1-14(2,3)16-11-12-7-6-8-15-13(12)17(4)9-10-18-5/h6-8,16H,9-11H2,1-5H3. The number of rotatable bonds is 6. The first-order valence-electron chi connectivity index (χ1n) is 6.33. The molecule has 4 heteroatoms. The third-order valence-corrected chi connectivity index (χ3v) is 2.67. The number of pyridine rings is 1. The van der Waals surface area contributed by atoms with Gasteiger partial charge in [-0.3, -0.25) is 0 Å². The average molecular weight is 251 g/mol. The van der Waals surface area contributed by atoms with Gasteiger partial charge < -0.3 is 15.0 Å². The lowest BCUT2D eigenvalue weighted by molar-refractivity contribution is 0.206. The van der Waals surface area contributed by atoms with Gasteiger partial charge >= 0.3 is 0 Å². The van der Waals surface area contributed by atoms with Crippen LogP contribution in [-0.2, 0) is 11.3 Å². The SMILES string of the molecule is COCCN(C)c1ncccc1CNC(C)(C)C. The van der Waals surface area contributed by atoms with E-state index in [0.29, 0.717) is 6.61 Å². The first-order valence-corrected chi connectivity index (χ1v) is 6.33. The summed E-state index contributed by atoms with van der Waals surface area (Å²) in [6.07, 6.45) is 1.83. The molecule has 0 radical (unpaired) electrons. The lowest BCUT2D eigenvalue weighted by Gasteiger charge is -2.24. The summed E-state index contributed by atoms with van der Waals surface area (Å²) in [7, 11) is 3.76. The van der Waals surface area contributed by atoms with Gasteiger partial charge in [0.2, 0.25) is 0 Å². The second-order valence-electron chi connectivity index (χ2n) is 5.50. The van der Waals surface area contributed by atoms with Crippen molar-refractivity contribution in [3.8, 4) is 0 Å². The molecule has 0 aliphatic rings. The molecule has 0 aromatic carbocycles. The Hall–Kier alpha value is -1.13. The van der Waals surface area contributed by atoms with Crippen LogP contribution >= 0.6 is 0 Å². The molecule has 0 atom stereocenters. The van der Waals surface area contributed by atoms with Gasteiger partial charge in [0.1, 0.15) is 5.82 Å². The van der Waals surface area contributed by atoms with E-state index in [1.165, 1.54) is 5.56 Å². The van der Waals surface area contributed by atoms with Crippen LogP contribution in [0, 0.1) is 0 Å². The quantitative estimate of drug-likeness (QED) is 0.839. The molecule has 0 unspecified atom stereocenters. The molecule has 1 aromatic heterocycles. The molecule has 0 aliphatic heterocycles. The van der Waals surface area contributed by atoms with Crippen molar-refractivity contribution < 1.29 is 4.74 Å². The summed E-state index contributed by atoms with van der Waals surface area (Å²) in [5, 5.41) is 3.49. The Kier molecular flexibility index (Phi) is 5.56. The van der Waals surface area contributed by atoms with E-state index in [0.717, 1.165) is 18.9 Å². The van der Waals surface area contributed by atoms with Crippen molar-refractivity contribution in [2.24, 2.45) is 0 Å². The van der Waals surface area contributed by atoms with Gasteiger partial charge in [0.05, 0.1) is 6.61 Å². The maximum Gasteiger partial charge on any atom is 0.132 e. The summed E-state index contributed by atoms with van der Waals surface area (Å²) >= 11 is 0. The van der Waals surface area contributed by atoms with E-state index in [1.807, 2.05) is 19.3 Å². The molecule has 0 saturated carbocycles. The zero-order valence-corrected chi connectivity index (χ0v) is 12.2. The number of nitrogens with zero attached hydrogens (tertiary/aromatic N) is 2. The van der Waals surface area contributed by atoms with Crippen molar-refractivity contribution in [3.05, 3.63) is 23.9 Å². The molecule has 1 heterocycles. The molecule has 0 amide bonds. The zero-order valence-electron chi connectivity index (χ0n) is 12.2. The minimum absolute atomic E-state index is 0.109. The van der Waals surface area contributed by atoms with Crippen LogP contribution in [0.3, 0.4) is 0 Å². The molecule has 0 bridgehead atoms. The molecular formula is C14H25N3O. The van der Waals surface area contributed by atoms with E-state index in [9.17, 15) is 0 Å². The van der Waals surface area contributed by atoms with Crippen molar-refractivity contribution in [2.75, 3.05) is 32.2 Å². The van der Waals surface area contributed by atoms with E-state index in [4.69, 9.17) is 4.74 Å². The van der Waals surface area contributed by atoms with Gasteiger partial charge in [0.15, 0.2) is 0 Å². The summed E-state index contributed by atoms with van der Waals surface area (Å²) in [6.45, 7) is 8.87. The van der Waals surface area contributed by atoms with E-state index in [2.05, 4.69) is 42.0 Å². The minimum Gasteiger partial charge on any atom is -0.383 e. The average Bonchev–Trinajstić information content (AvgIpc) is 2.33. The summed E-state index contributed by atoms with van der Waals surface area (Å²) < 4.78 is 5.10. The van der Waals surface area contributed by atoms with Crippen LogP contribution in [0.1, 0.15) is 26.3 Å². The molecular weight excluding hydrogens is 226 g/mol. The van der Waals surface area contributed by atoms with Gasteiger partial charge in [-0.2, -0.15) is 0 Å². The van der Waals surface area contributed by atoms with Gasteiger partial charge in [-0.25, -0.2) is 4.98 Å². The first kappa shape index (κ1) is 14.9. The van der Waals surface area contributed by atoms with Crippen molar-refractivity contribution in [1.82, 2.24) is 10.3 Å². The lowest BCUT2D eigenvalue weighted by Crippen LogP contribution is -2.36. The van der Waals surface area contributed by atoms with Crippen LogP contribution in [0.4, 0.5) is 5.82 Å². The maximum atomic E-state index is 5.10. The molecule has 4 nitrogen and oxygen atoms in total. The molecule has 0 saturated heterocycles. The fraction of sp³-hybridized carbons (Fsp3) is 0.643. The molecule has 1 rings (SSSR count). The normalized spacial score (nSPS) is 11.6. The number of methoxy groups -OCH3 is 1.